The van der Waals surface area contributed by atoms with Gasteiger partial charge in [-0.3, -0.25) is 0 Å². The smallest absolute Gasteiger partial charge is 0.121 e. The highest BCUT2D eigenvalue weighted by Crippen LogP contribution is 2.21. The van der Waals surface area contributed by atoms with Crippen LogP contribution in [0.1, 0.15) is 18.7 Å². The normalized spacial score (nSPS) is 17.2. The molecule has 1 aromatic heterocycles. The molecule has 0 atom stereocenters. The Labute approximate surface area is 107 Å². The molecule has 96 valence electrons. The minimum absolute atomic E-state index is 0.758. The van der Waals surface area contributed by atoms with Crippen LogP contribution in [-0.4, -0.2) is 30.2 Å². The van der Waals surface area contributed by atoms with Crippen LogP contribution in [0.5, 0.6) is 5.75 Å². The maximum Gasteiger partial charge on any atom is 0.121 e. The predicted octanol–water partition coefficient (Wildman–Crippen LogP) is 2.11. The Bertz CT molecular complexity index is 529. The van der Waals surface area contributed by atoms with Crippen molar-refractivity contribution in [2.45, 2.75) is 19.3 Å². The Morgan fingerprint density at radius 3 is 2.94 bits per heavy atom. The summed E-state index contributed by atoms with van der Waals surface area (Å²) < 4.78 is 5.23. The molecule has 1 aromatic carbocycles. The molecule has 1 aliphatic heterocycles. The van der Waals surface area contributed by atoms with Crippen LogP contribution >= 0.6 is 0 Å². The molecule has 4 nitrogen and oxygen atoms in total. The number of H-pyrrole nitrogens is 1. The topological polar surface area (TPSA) is 49.9 Å². The van der Waals surface area contributed by atoms with Crippen LogP contribution < -0.4 is 10.1 Å². The number of rotatable bonds is 3. The van der Waals surface area contributed by atoms with Crippen molar-refractivity contribution in [3.05, 3.63) is 24.0 Å². The number of aromatic nitrogens is 2. The number of hydrogen-bond acceptors (Lipinski definition) is 3. The van der Waals surface area contributed by atoms with Gasteiger partial charge in [-0.2, -0.15) is 0 Å². The quantitative estimate of drug-likeness (QED) is 0.870. The van der Waals surface area contributed by atoms with Crippen molar-refractivity contribution in [1.29, 1.82) is 0 Å². The van der Waals surface area contributed by atoms with Gasteiger partial charge >= 0.3 is 0 Å². The van der Waals surface area contributed by atoms with Gasteiger partial charge in [-0.25, -0.2) is 4.98 Å². The van der Waals surface area contributed by atoms with Gasteiger partial charge in [-0.15, -0.1) is 0 Å². The molecule has 0 radical (unpaired) electrons. The fraction of sp³-hybridized carbons (Fsp3) is 0.500. The van der Waals surface area contributed by atoms with Crippen LogP contribution in [0, 0.1) is 5.92 Å². The third kappa shape index (κ3) is 2.34. The molecular weight excluding hydrogens is 226 g/mol. The van der Waals surface area contributed by atoms with Crippen LogP contribution in [-0.2, 0) is 6.42 Å². The Morgan fingerprint density at radius 1 is 1.33 bits per heavy atom. The van der Waals surface area contributed by atoms with Crippen molar-refractivity contribution in [1.82, 2.24) is 15.3 Å². The van der Waals surface area contributed by atoms with Crippen molar-refractivity contribution in [2.24, 2.45) is 5.92 Å². The van der Waals surface area contributed by atoms with Crippen LogP contribution in [0.3, 0.4) is 0 Å². The number of aromatic amines is 1. The van der Waals surface area contributed by atoms with Gasteiger partial charge in [0.2, 0.25) is 0 Å². The van der Waals surface area contributed by atoms with Crippen molar-refractivity contribution in [3.63, 3.8) is 0 Å². The molecule has 18 heavy (non-hydrogen) atoms. The van der Waals surface area contributed by atoms with E-state index in [4.69, 9.17) is 4.74 Å². The molecule has 1 aliphatic rings. The summed E-state index contributed by atoms with van der Waals surface area (Å²) >= 11 is 0. The van der Waals surface area contributed by atoms with Crippen molar-refractivity contribution < 1.29 is 4.74 Å². The van der Waals surface area contributed by atoms with Gasteiger partial charge in [0.25, 0.3) is 0 Å². The van der Waals surface area contributed by atoms with E-state index < -0.39 is 0 Å². The Kier molecular flexibility index (Phi) is 3.19. The Balaban J connectivity index is 1.79. The second-order valence-electron chi connectivity index (χ2n) is 4.96. The summed E-state index contributed by atoms with van der Waals surface area (Å²) in [5, 5.41) is 3.40. The molecule has 0 aliphatic carbocycles. The lowest BCUT2D eigenvalue weighted by Crippen LogP contribution is -2.28. The maximum absolute atomic E-state index is 5.23. The van der Waals surface area contributed by atoms with Crippen molar-refractivity contribution in [3.8, 4) is 5.75 Å². The minimum atomic E-state index is 0.758. The fourth-order valence-electron chi connectivity index (χ4n) is 2.62. The van der Waals surface area contributed by atoms with Gasteiger partial charge in [-0.1, -0.05) is 0 Å². The number of hydrogen-bond donors (Lipinski definition) is 2. The van der Waals surface area contributed by atoms with Gasteiger partial charge in [0.1, 0.15) is 11.6 Å². The SMILES string of the molecule is COc1ccc2nc(CC3CCNCC3)[nH]c2c1. The van der Waals surface area contributed by atoms with E-state index in [1.807, 2.05) is 18.2 Å². The van der Waals surface area contributed by atoms with Crippen LogP contribution in [0.15, 0.2) is 18.2 Å². The zero-order valence-corrected chi connectivity index (χ0v) is 10.7. The zero-order valence-electron chi connectivity index (χ0n) is 10.7. The summed E-state index contributed by atoms with van der Waals surface area (Å²) in [6, 6.07) is 5.97. The second-order valence-corrected chi connectivity index (χ2v) is 4.96. The third-order valence-electron chi connectivity index (χ3n) is 3.68. The first kappa shape index (κ1) is 11.5. The molecule has 1 fully saturated rings. The first-order valence-corrected chi connectivity index (χ1v) is 6.58. The molecule has 0 unspecified atom stereocenters. The van der Waals surface area contributed by atoms with Gasteiger partial charge in [-0.05, 0) is 44.0 Å². The molecule has 2 N–H and O–H groups in total. The minimum Gasteiger partial charge on any atom is -0.497 e. The van der Waals surface area contributed by atoms with E-state index >= 15 is 0 Å². The van der Waals surface area contributed by atoms with Crippen LogP contribution in [0.4, 0.5) is 0 Å². The third-order valence-corrected chi connectivity index (χ3v) is 3.68. The van der Waals surface area contributed by atoms with Gasteiger partial charge in [0.15, 0.2) is 0 Å². The molecular formula is C14H19N3O. The maximum atomic E-state index is 5.23. The highest BCUT2D eigenvalue weighted by molar-refractivity contribution is 5.76. The summed E-state index contributed by atoms with van der Waals surface area (Å²) in [6.07, 6.45) is 3.55. The molecule has 0 spiro atoms. The number of ether oxygens (including phenoxy) is 1. The first-order chi connectivity index (χ1) is 8.85. The molecule has 3 rings (SSSR count). The number of fused-ring (bicyclic) bond motifs is 1. The zero-order chi connectivity index (χ0) is 12.4. The lowest BCUT2D eigenvalue weighted by atomic mass is 9.94. The van der Waals surface area contributed by atoms with E-state index in [1.54, 1.807) is 7.11 Å². The van der Waals surface area contributed by atoms with Crippen LogP contribution in [0.2, 0.25) is 0 Å². The van der Waals surface area contributed by atoms with Crippen LogP contribution in [0.25, 0.3) is 11.0 Å². The standard InChI is InChI=1S/C14H19N3O/c1-18-11-2-3-12-13(9-11)17-14(16-12)8-10-4-6-15-7-5-10/h2-3,9-10,15H,4-8H2,1H3,(H,16,17). The van der Waals surface area contributed by atoms with Gasteiger partial charge in [0.05, 0.1) is 18.1 Å². The molecule has 2 aromatic rings. The number of imidazole rings is 1. The average molecular weight is 245 g/mol. The molecule has 2 heterocycles. The van der Waals surface area contributed by atoms with E-state index in [0.29, 0.717) is 0 Å². The largest absolute Gasteiger partial charge is 0.497 e. The summed E-state index contributed by atoms with van der Waals surface area (Å²) in [5.41, 5.74) is 2.10. The highest BCUT2D eigenvalue weighted by Gasteiger charge is 2.15. The Hall–Kier alpha value is -1.55. The summed E-state index contributed by atoms with van der Waals surface area (Å²) in [7, 11) is 1.69. The Morgan fingerprint density at radius 2 is 2.17 bits per heavy atom. The predicted molar refractivity (Wildman–Crippen MR) is 71.9 cm³/mol. The number of piperidine rings is 1. The van der Waals surface area contributed by atoms with E-state index in [9.17, 15) is 0 Å². The average Bonchev–Trinajstić information content (AvgIpc) is 2.80. The monoisotopic (exact) mass is 245 g/mol. The van der Waals surface area contributed by atoms with Gasteiger partial charge < -0.3 is 15.0 Å². The second kappa shape index (κ2) is 4.98. The molecule has 0 saturated carbocycles. The summed E-state index contributed by atoms with van der Waals surface area (Å²) in [5.74, 6) is 2.73. The summed E-state index contributed by atoms with van der Waals surface area (Å²) in [4.78, 5) is 8.06. The lowest BCUT2D eigenvalue weighted by Gasteiger charge is -2.21. The first-order valence-electron chi connectivity index (χ1n) is 6.58. The van der Waals surface area contributed by atoms with Crippen molar-refractivity contribution in [2.75, 3.05) is 20.2 Å². The number of methoxy groups -OCH3 is 1. The lowest BCUT2D eigenvalue weighted by molar-refractivity contribution is 0.368. The molecule has 1 saturated heterocycles. The highest BCUT2D eigenvalue weighted by atomic mass is 16.5. The molecule has 4 heteroatoms. The number of nitrogens with zero attached hydrogens (tertiary/aromatic N) is 1. The van der Waals surface area contributed by atoms with E-state index in [1.165, 1.54) is 12.8 Å². The van der Waals surface area contributed by atoms with E-state index in [-0.39, 0.29) is 0 Å². The fourth-order valence-corrected chi connectivity index (χ4v) is 2.62. The van der Waals surface area contributed by atoms with Gasteiger partial charge in [0, 0.05) is 12.5 Å². The summed E-state index contributed by atoms with van der Waals surface area (Å²) in [6.45, 7) is 2.28. The van der Waals surface area contributed by atoms with E-state index in [2.05, 4.69) is 15.3 Å². The van der Waals surface area contributed by atoms with Crippen molar-refractivity contribution >= 4 is 11.0 Å². The number of nitrogens with one attached hydrogen (secondary N) is 2. The van der Waals surface area contributed by atoms with E-state index in [0.717, 1.165) is 48.0 Å². The molecule has 0 amide bonds. The number of benzene rings is 1. The molecule has 0 bridgehead atoms.